The van der Waals surface area contributed by atoms with Gasteiger partial charge in [-0.3, -0.25) is 0 Å². The van der Waals surface area contributed by atoms with Crippen molar-refractivity contribution in [1.29, 1.82) is 5.26 Å². The van der Waals surface area contributed by atoms with Gasteiger partial charge in [-0.05, 0) is 58.3 Å². The molecule has 0 saturated carbocycles. The van der Waals surface area contributed by atoms with E-state index in [4.69, 9.17) is 9.47 Å². The predicted molar refractivity (Wildman–Crippen MR) is 116 cm³/mol. The van der Waals surface area contributed by atoms with Crippen LogP contribution >= 0.6 is 15.9 Å². The van der Waals surface area contributed by atoms with E-state index in [0.29, 0.717) is 27.1 Å². The zero-order valence-corrected chi connectivity index (χ0v) is 17.7. The zero-order valence-electron chi connectivity index (χ0n) is 16.1. The third-order valence-corrected chi connectivity index (χ3v) is 4.96. The molecule has 0 bridgehead atoms. The van der Waals surface area contributed by atoms with Crippen LogP contribution in [-0.4, -0.2) is 7.11 Å². The van der Waals surface area contributed by atoms with E-state index in [2.05, 4.69) is 22.0 Å². The van der Waals surface area contributed by atoms with Crippen LogP contribution in [0.3, 0.4) is 0 Å². The summed E-state index contributed by atoms with van der Waals surface area (Å²) in [5, 5.41) is 9.58. The first-order chi connectivity index (χ1) is 14.0. The molecule has 0 unspecified atom stereocenters. The minimum atomic E-state index is -0.320. The normalized spacial score (nSPS) is 11.1. The van der Waals surface area contributed by atoms with Gasteiger partial charge in [0.2, 0.25) is 0 Å². The van der Waals surface area contributed by atoms with E-state index in [1.807, 2.05) is 37.3 Å². The minimum absolute atomic E-state index is 0.0730. The summed E-state index contributed by atoms with van der Waals surface area (Å²) in [7, 11) is 1.54. The smallest absolute Gasteiger partial charge is 0.175 e. The van der Waals surface area contributed by atoms with Gasteiger partial charge >= 0.3 is 0 Å². The van der Waals surface area contributed by atoms with Crippen LogP contribution in [0.5, 0.6) is 11.5 Å². The van der Waals surface area contributed by atoms with Crippen molar-refractivity contribution in [3.8, 4) is 17.6 Å². The van der Waals surface area contributed by atoms with Crippen molar-refractivity contribution in [3.63, 3.8) is 0 Å². The van der Waals surface area contributed by atoms with Crippen molar-refractivity contribution in [3.05, 3.63) is 93.2 Å². The lowest BCUT2D eigenvalue weighted by Crippen LogP contribution is -2.01. The Hall–Kier alpha value is -3.10. The molecule has 146 valence electrons. The number of aryl methyl sites for hydroxylation is 1. The highest BCUT2D eigenvalue weighted by atomic mass is 79.9. The van der Waals surface area contributed by atoms with Crippen LogP contribution in [0.2, 0.25) is 0 Å². The van der Waals surface area contributed by atoms with Crippen molar-refractivity contribution < 1.29 is 13.9 Å². The van der Waals surface area contributed by atoms with Crippen molar-refractivity contribution in [2.75, 3.05) is 7.11 Å². The Kier molecular flexibility index (Phi) is 6.69. The summed E-state index contributed by atoms with van der Waals surface area (Å²) in [5.74, 6) is 0.642. The molecule has 5 heteroatoms. The predicted octanol–water partition coefficient (Wildman–Crippen LogP) is 6.55. The van der Waals surface area contributed by atoms with E-state index in [9.17, 15) is 9.65 Å². The fourth-order valence-electron chi connectivity index (χ4n) is 2.81. The zero-order chi connectivity index (χ0) is 20.8. The first kappa shape index (κ1) is 20.6. The van der Waals surface area contributed by atoms with Crippen LogP contribution in [0.4, 0.5) is 4.39 Å². The molecule has 3 aromatic rings. The van der Waals surface area contributed by atoms with Crippen LogP contribution < -0.4 is 9.47 Å². The number of allylic oxidation sites excluding steroid dienone is 1. The summed E-state index contributed by atoms with van der Waals surface area (Å²) in [5.41, 5.74) is 3.75. The molecule has 0 aliphatic carbocycles. The molecule has 0 radical (unpaired) electrons. The van der Waals surface area contributed by atoms with Crippen molar-refractivity contribution in [2.45, 2.75) is 13.5 Å². The number of benzene rings is 3. The van der Waals surface area contributed by atoms with E-state index >= 15 is 0 Å². The van der Waals surface area contributed by atoms with Gasteiger partial charge in [-0.15, -0.1) is 0 Å². The molecule has 0 saturated heterocycles. The van der Waals surface area contributed by atoms with Gasteiger partial charge in [0, 0.05) is 5.56 Å². The maximum absolute atomic E-state index is 13.8. The molecule has 0 fully saturated rings. The van der Waals surface area contributed by atoms with E-state index in [0.717, 1.165) is 16.7 Å². The Bertz CT molecular complexity index is 1090. The van der Waals surface area contributed by atoms with Gasteiger partial charge in [-0.1, -0.05) is 48.0 Å². The lowest BCUT2D eigenvalue weighted by Gasteiger charge is -2.14. The molecule has 0 aliphatic rings. The molecular formula is C24H19BrFNO2. The summed E-state index contributed by atoms with van der Waals surface area (Å²) in [4.78, 5) is 0. The Labute approximate surface area is 178 Å². The summed E-state index contributed by atoms with van der Waals surface area (Å²) in [6.07, 6.45) is 1.79. The minimum Gasteiger partial charge on any atom is -0.493 e. The van der Waals surface area contributed by atoms with E-state index in [-0.39, 0.29) is 12.4 Å². The van der Waals surface area contributed by atoms with Gasteiger partial charge < -0.3 is 9.47 Å². The summed E-state index contributed by atoms with van der Waals surface area (Å²) >= 11 is 3.50. The second kappa shape index (κ2) is 9.40. The fourth-order valence-corrected chi connectivity index (χ4v) is 3.38. The molecule has 0 spiro atoms. The standard InChI is InChI=1S/C24H19BrFNO2/c1-16-7-9-18(10-8-16)20(14-27)11-17-12-21(25)24(23(13-17)28-2)29-15-19-5-3-4-6-22(19)26/h3-13H,15H2,1-2H3/b20-11+. The van der Waals surface area contributed by atoms with Gasteiger partial charge in [0.15, 0.2) is 11.5 Å². The summed E-state index contributed by atoms with van der Waals surface area (Å²) in [6, 6.07) is 20.1. The molecule has 0 atom stereocenters. The molecule has 0 aliphatic heterocycles. The maximum atomic E-state index is 13.8. The van der Waals surface area contributed by atoms with Gasteiger partial charge in [0.05, 0.1) is 23.2 Å². The molecular weight excluding hydrogens is 433 g/mol. The fraction of sp³-hybridized carbons (Fsp3) is 0.125. The number of nitrogens with zero attached hydrogens (tertiary/aromatic N) is 1. The molecule has 3 nitrogen and oxygen atoms in total. The number of ether oxygens (including phenoxy) is 2. The van der Waals surface area contributed by atoms with E-state index < -0.39 is 0 Å². The topological polar surface area (TPSA) is 42.2 Å². The summed E-state index contributed by atoms with van der Waals surface area (Å²) in [6.45, 7) is 2.07. The Morgan fingerprint density at radius 2 is 1.86 bits per heavy atom. The Morgan fingerprint density at radius 3 is 2.52 bits per heavy atom. The van der Waals surface area contributed by atoms with Gasteiger partial charge in [0.25, 0.3) is 0 Å². The third-order valence-electron chi connectivity index (χ3n) is 4.38. The lowest BCUT2D eigenvalue weighted by molar-refractivity contribution is 0.278. The van der Waals surface area contributed by atoms with Crippen LogP contribution in [0.1, 0.15) is 22.3 Å². The molecule has 3 aromatic carbocycles. The highest BCUT2D eigenvalue weighted by Gasteiger charge is 2.13. The quantitative estimate of drug-likeness (QED) is 0.315. The Balaban J connectivity index is 1.90. The van der Waals surface area contributed by atoms with Crippen LogP contribution in [0.15, 0.2) is 65.1 Å². The second-order valence-electron chi connectivity index (χ2n) is 6.45. The van der Waals surface area contributed by atoms with Crippen molar-refractivity contribution in [1.82, 2.24) is 0 Å². The highest BCUT2D eigenvalue weighted by Crippen LogP contribution is 2.38. The van der Waals surface area contributed by atoms with E-state index in [1.165, 1.54) is 13.2 Å². The molecule has 0 aromatic heterocycles. The highest BCUT2D eigenvalue weighted by molar-refractivity contribution is 9.10. The van der Waals surface area contributed by atoms with Gasteiger partial charge in [-0.25, -0.2) is 4.39 Å². The largest absolute Gasteiger partial charge is 0.493 e. The van der Waals surface area contributed by atoms with E-state index in [1.54, 1.807) is 30.3 Å². The molecule has 0 heterocycles. The molecule has 29 heavy (non-hydrogen) atoms. The Morgan fingerprint density at radius 1 is 1.14 bits per heavy atom. The number of nitriles is 1. The number of hydrogen-bond acceptors (Lipinski definition) is 3. The molecule has 0 amide bonds. The monoisotopic (exact) mass is 451 g/mol. The average molecular weight is 452 g/mol. The third kappa shape index (κ3) is 5.04. The second-order valence-corrected chi connectivity index (χ2v) is 7.30. The SMILES string of the molecule is COc1cc(/C=C(\C#N)c2ccc(C)cc2)cc(Br)c1OCc1ccccc1F. The molecule has 0 N–H and O–H groups in total. The number of hydrogen-bond donors (Lipinski definition) is 0. The maximum Gasteiger partial charge on any atom is 0.175 e. The van der Waals surface area contributed by atoms with Gasteiger partial charge in [-0.2, -0.15) is 5.26 Å². The summed E-state index contributed by atoms with van der Waals surface area (Å²) < 4.78 is 25.8. The molecule has 3 rings (SSSR count). The first-order valence-corrected chi connectivity index (χ1v) is 9.73. The van der Waals surface area contributed by atoms with Crippen molar-refractivity contribution in [2.24, 2.45) is 0 Å². The van der Waals surface area contributed by atoms with Crippen molar-refractivity contribution >= 4 is 27.6 Å². The van der Waals surface area contributed by atoms with Crippen LogP contribution in [0.25, 0.3) is 11.6 Å². The number of methoxy groups -OCH3 is 1. The van der Waals surface area contributed by atoms with Crippen LogP contribution in [-0.2, 0) is 6.61 Å². The lowest BCUT2D eigenvalue weighted by atomic mass is 10.0. The number of rotatable bonds is 6. The first-order valence-electron chi connectivity index (χ1n) is 8.94. The number of halogens is 2. The van der Waals surface area contributed by atoms with Gasteiger partial charge in [0.1, 0.15) is 12.4 Å². The van der Waals surface area contributed by atoms with Crippen LogP contribution in [0, 0.1) is 24.1 Å². The average Bonchev–Trinajstić information content (AvgIpc) is 2.72.